The highest BCUT2D eigenvalue weighted by molar-refractivity contribution is 5.98. The van der Waals surface area contributed by atoms with Gasteiger partial charge < -0.3 is 29.9 Å². The van der Waals surface area contributed by atoms with Crippen molar-refractivity contribution in [3.05, 3.63) is 29.8 Å². The zero-order valence-electron chi connectivity index (χ0n) is 20.5. The maximum Gasteiger partial charge on any atom is 0.251 e. The molecule has 0 aromatic heterocycles. The highest BCUT2D eigenvalue weighted by atomic mass is 16.5. The Labute approximate surface area is 196 Å². The second-order valence-corrected chi connectivity index (χ2v) is 10.9. The molecule has 3 heterocycles. The number of carbonyl (C=O) groups excluding carboxylic acids is 2. The van der Waals surface area contributed by atoms with E-state index in [1.165, 1.54) is 0 Å². The second kappa shape index (κ2) is 9.24. The maximum absolute atomic E-state index is 13.6. The van der Waals surface area contributed by atoms with Gasteiger partial charge in [-0.3, -0.25) is 9.59 Å². The minimum atomic E-state index is -0.707. The van der Waals surface area contributed by atoms with Crippen molar-refractivity contribution in [2.24, 2.45) is 11.3 Å². The molecule has 3 aliphatic rings. The molecule has 3 fully saturated rings. The average Bonchev–Trinajstić information content (AvgIpc) is 3.32. The molecule has 1 aromatic carbocycles. The van der Waals surface area contributed by atoms with Gasteiger partial charge in [-0.15, -0.1) is 0 Å². The second-order valence-electron chi connectivity index (χ2n) is 10.9. The number of likely N-dealkylation sites (tertiary alicyclic amines) is 1. The molecule has 0 radical (unpaired) electrons. The molecular formula is C25H38N4O4. The van der Waals surface area contributed by atoms with Crippen LogP contribution in [0.2, 0.25) is 0 Å². The molecule has 8 heteroatoms. The number of benzene rings is 1. The number of aliphatic hydroxyl groups excluding tert-OH is 1. The van der Waals surface area contributed by atoms with E-state index in [-0.39, 0.29) is 36.5 Å². The molecule has 0 bridgehead atoms. The van der Waals surface area contributed by atoms with Gasteiger partial charge in [0, 0.05) is 49.9 Å². The van der Waals surface area contributed by atoms with Gasteiger partial charge in [0.2, 0.25) is 5.91 Å². The Hall–Kier alpha value is -2.16. The van der Waals surface area contributed by atoms with Crippen LogP contribution in [0.3, 0.4) is 0 Å². The molecule has 182 valence electrons. The fourth-order valence-electron chi connectivity index (χ4n) is 5.20. The molecule has 0 saturated carbocycles. The minimum Gasteiger partial charge on any atom is -0.388 e. The lowest BCUT2D eigenvalue weighted by atomic mass is 9.85. The van der Waals surface area contributed by atoms with Gasteiger partial charge in [0.25, 0.3) is 5.91 Å². The summed E-state index contributed by atoms with van der Waals surface area (Å²) in [6, 6.07) is 6.56. The van der Waals surface area contributed by atoms with Crippen LogP contribution >= 0.6 is 0 Å². The van der Waals surface area contributed by atoms with E-state index >= 15 is 0 Å². The molecule has 0 unspecified atom stereocenters. The molecule has 3 aliphatic heterocycles. The Balaban J connectivity index is 1.46. The van der Waals surface area contributed by atoms with E-state index in [0.717, 1.165) is 31.9 Å². The molecule has 5 atom stereocenters. The van der Waals surface area contributed by atoms with Crippen LogP contribution in [0.25, 0.3) is 0 Å². The van der Waals surface area contributed by atoms with Crippen molar-refractivity contribution in [1.82, 2.24) is 15.1 Å². The Kier molecular flexibility index (Phi) is 6.71. The Morgan fingerprint density at radius 3 is 2.36 bits per heavy atom. The van der Waals surface area contributed by atoms with E-state index in [1.807, 2.05) is 52.0 Å². The van der Waals surface area contributed by atoms with Gasteiger partial charge in [-0.25, -0.2) is 0 Å². The third-order valence-corrected chi connectivity index (χ3v) is 7.27. The fourth-order valence-corrected chi connectivity index (χ4v) is 5.20. The number of fused-ring (bicyclic) bond motifs is 1. The van der Waals surface area contributed by atoms with E-state index < -0.39 is 17.6 Å². The number of aliphatic hydroxyl groups is 1. The number of carbonyl (C=O) groups is 2. The van der Waals surface area contributed by atoms with Crippen LogP contribution in [0, 0.1) is 11.3 Å². The minimum absolute atomic E-state index is 0.148. The number of nitrogens with one attached hydrogen (secondary N) is 1. The van der Waals surface area contributed by atoms with Crippen molar-refractivity contribution in [3.63, 3.8) is 0 Å². The van der Waals surface area contributed by atoms with E-state index in [0.29, 0.717) is 12.1 Å². The van der Waals surface area contributed by atoms with Crippen LogP contribution in [0.5, 0.6) is 0 Å². The van der Waals surface area contributed by atoms with Crippen LogP contribution in [0.15, 0.2) is 24.3 Å². The standard InChI is InChI=1S/C25H38N4O4/c1-16-14-29(20-19(30)15-33-21(16)20)24(32)22(25(2,3)4)26-23(31)17-6-8-18(9-7-17)28-12-10-27(5)11-13-28/h6-9,16,19-22,30H,10-15H2,1-5H3,(H,26,31)/t16-,19+,20-,21-,22-/m1/s1. The topological polar surface area (TPSA) is 85.4 Å². The first-order valence-electron chi connectivity index (χ1n) is 12.0. The lowest BCUT2D eigenvalue weighted by Crippen LogP contribution is -2.57. The number of hydrogen-bond donors (Lipinski definition) is 2. The average molecular weight is 459 g/mol. The zero-order chi connectivity index (χ0) is 23.9. The van der Waals surface area contributed by atoms with Crippen molar-refractivity contribution < 1.29 is 19.4 Å². The summed E-state index contributed by atoms with van der Waals surface area (Å²) in [5, 5.41) is 13.4. The van der Waals surface area contributed by atoms with Gasteiger partial charge in [-0.1, -0.05) is 27.7 Å². The van der Waals surface area contributed by atoms with E-state index in [1.54, 1.807) is 4.90 Å². The number of likely N-dealkylation sites (N-methyl/N-ethyl adjacent to an activating group) is 1. The smallest absolute Gasteiger partial charge is 0.251 e. The van der Waals surface area contributed by atoms with Crippen molar-refractivity contribution in [2.75, 3.05) is 51.3 Å². The van der Waals surface area contributed by atoms with Gasteiger partial charge in [0.1, 0.15) is 12.1 Å². The quantitative estimate of drug-likeness (QED) is 0.705. The van der Waals surface area contributed by atoms with Crippen molar-refractivity contribution in [3.8, 4) is 0 Å². The maximum atomic E-state index is 13.6. The summed E-state index contributed by atoms with van der Waals surface area (Å²) in [5.41, 5.74) is 1.15. The predicted molar refractivity (Wildman–Crippen MR) is 127 cm³/mol. The molecule has 8 nitrogen and oxygen atoms in total. The van der Waals surface area contributed by atoms with Crippen LogP contribution in [-0.2, 0) is 9.53 Å². The molecule has 33 heavy (non-hydrogen) atoms. The summed E-state index contributed by atoms with van der Waals surface area (Å²) in [7, 11) is 2.13. The molecule has 2 amide bonds. The monoisotopic (exact) mass is 458 g/mol. The molecule has 0 spiro atoms. The normalized spacial score (nSPS) is 29.2. The van der Waals surface area contributed by atoms with Crippen molar-refractivity contribution in [1.29, 1.82) is 0 Å². The SMILES string of the molecule is C[C@@H]1CN(C(=O)[C@@H](NC(=O)c2ccc(N3CCN(C)CC3)cc2)C(C)(C)C)[C@H]2[C@@H]1OC[C@@H]2O. The van der Waals surface area contributed by atoms with Gasteiger partial charge >= 0.3 is 0 Å². The van der Waals surface area contributed by atoms with Gasteiger partial charge in [0.15, 0.2) is 0 Å². The summed E-state index contributed by atoms with van der Waals surface area (Å²) >= 11 is 0. The molecule has 1 aromatic rings. The fraction of sp³-hybridized carbons (Fsp3) is 0.680. The van der Waals surface area contributed by atoms with Crippen molar-refractivity contribution in [2.45, 2.75) is 52.0 Å². The van der Waals surface area contributed by atoms with Crippen LogP contribution in [0.1, 0.15) is 38.1 Å². The summed E-state index contributed by atoms with van der Waals surface area (Å²) in [5.74, 6) is -0.274. The van der Waals surface area contributed by atoms with E-state index in [2.05, 4.69) is 22.2 Å². The predicted octanol–water partition coefficient (Wildman–Crippen LogP) is 1.19. The highest BCUT2D eigenvalue weighted by Gasteiger charge is 2.52. The number of anilines is 1. The Morgan fingerprint density at radius 2 is 1.76 bits per heavy atom. The molecule has 3 saturated heterocycles. The largest absolute Gasteiger partial charge is 0.388 e. The highest BCUT2D eigenvalue weighted by Crippen LogP contribution is 2.35. The lowest BCUT2D eigenvalue weighted by Gasteiger charge is -2.36. The number of ether oxygens (including phenoxy) is 1. The first-order valence-corrected chi connectivity index (χ1v) is 12.0. The van der Waals surface area contributed by atoms with Crippen LogP contribution in [-0.4, -0.2) is 97.4 Å². The third kappa shape index (κ3) is 4.88. The molecular weight excluding hydrogens is 420 g/mol. The number of rotatable bonds is 4. The Bertz CT molecular complexity index is 860. The van der Waals surface area contributed by atoms with E-state index in [4.69, 9.17) is 4.74 Å². The van der Waals surface area contributed by atoms with E-state index in [9.17, 15) is 14.7 Å². The summed E-state index contributed by atoms with van der Waals surface area (Å²) in [6.45, 7) is 12.6. The van der Waals surface area contributed by atoms with Crippen molar-refractivity contribution >= 4 is 17.5 Å². The van der Waals surface area contributed by atoms with Gasteiger partial charge in [0.05, 0.1) is 18.8 Å². The molecule has 4 rings (SSSR count). The molecule has 2 N–H and O–H groups in total. The first kappa shape index (κ1) is 24.0. The van der Waals surface area contributed by atoms with Gasteiger partial charge in [-0.05, 0) is 36.7 Å². The number of amides is 2. The Morgan fingerprint density at radius 1 is 1.12 bits per heavy atom. The third-order valence-electron chi connectivity index (χ3n) is 7.27. The van der Waals surface area contributed by atoms with Crippen LogP contribution < -0.4 is 10.2 Å². The first-order chi connectivity index (χ1) is 15.6. The number of piperazine rings is 1. The van der Waals surface area contributed by atoms with Crippen LogP contribution in [0.4, 0.5) is 5.69 Å². The molecule has 0 aliphatic carbocycles. The zero-order valence-corrected chi connectivity index (χ0v) is 20.5. The summed E-state index contributed by atoms with van der Waals surface area (Å²) < 4.78 is 5.73. The lowest BCUT2D eigenvalue weighted by molar-refractivity contribution is -0.138. The number of nitrogens with zero attached hydrogens (tertiary/aromatic N) is 3. The summed E-state index contributed by atoms with van der Waals surface area (Å²) in [4.78, 5) is 33.1. The van der Waals surface area contributed by atoms with Gasteiger partial charge in [-0.2, -0.15) is 0 Å². The number of hydrogen-bond acceptors (Lipinski definition) is 6. The summed E-state index contributed by atoms with van der Waals surface area (Å²) in [6.07, 6.45) is -0.843.